The van der Waals surface area contributed by atoms with Crippen LogP contribution >= 0.6 is 11.8 Å². The Kier molecular flexibility index (Phi) is 4.82. The molecule has 1 N–H and O–H groups in total. The molecule has 0 aromatic heterocycles. The zero-order valence-electron chi connectivity index (χ0n) is 11.9. The van der Waals surface area contributed by atoms with Gasteiger partial charge in [0, 0.05) is 17.4 Å². The molecule has 106 valence electrons. The van der Waals surface area contributed by atoms with Gasteiger partial charge >= 0.3 is 0 Å². The van der Waals surface area contributed by atoms with Crippen molar-refractivity contribution in [2.75, 3.05) is 27.9 Å². The Morgan fingerprint density at radius 3 is 2.21 bits per heavy atom. The van der Waals surface area contributed by atoms with Crippen molar-refractivity contribution in [3.63, 3.8) is 0 Å². The van der Waals surface area contributed by atoms with E-state index in [9.17, 15) is 0 Å². The van der Waals surface area contributed by atoms with E-state index < -0.39 is 0 Å². The summed E-state index contributed by atoms with van der Waals surface area (Å²) in [5.74, 6) is 2.34. The monoisotopic (exact) mass is 283 g/mol. The molecule has 1 aromatic carbocycles. The predicted molar refractivity (Wildman–Crippen MR) is 78.5 cm³/mol. The minimum absolute atomic E-state index is 0.194. The van der Waals surface area contributed by atoms with Crippen molar-refractivity contribution in [2.24, 2.45) is 0 Å². The number of thioether (sulfide) groups is 1. The third-order valence-electron chi connectivity index (χ3n) is 3.26. The Labute approximate surface area is 118 Å². The number of rotatable bonds is 4. The van der Waals surface area contributed by atoms with Gasteiger partial charge in [0.05, 0.1) is 32.3 Å². The lowest BCUT2D eigenvalue weighted by Crippen LogP contribution is -2.29. The van der Waals surface area contributed by atoms with Crippen molar-refractivity contribution >= 4 is 11.8 Å². The minimum atomic E-state index is 0.194. The molecular formula is C14H21NO3S. The van der Waals surface area contributed by atoms with E-state index in [1.807, 2.05) is 23.9 Å². The van der Waals surface area contributed by atoms with Gasteiger partial charge in [0.25, 0.3) is 0 Å². The van der Waals surface area contributed by atoms with E-state index in [1.54, 1.807) is 21.3 Å². The highest BCUT2D eigenvalue weighted by molar-refractivity contribution is 8.00. The van der Waals surface area contributed by atoms with Crippen molar-refractivity contribution in [1.82, 2.24) is 5.32 Å². The summed E-state index contributed by atoms with van der Waals surface area (Å²) >= 11 is 1.90. The van der Waals surface area contributed by atoms with Crippen LogP contribution in [0.25, 0.3) is 0 Å². The molecule has 0 amide bonds. The molecule has 0 spiro atoms. The second-order valence-electron chi connectivity index (χ2n) is 4.52. The molecule has 4 nitrogen and oxygen atoms in total. The van der Waals surface area contributed by atoms with Crippen molar-refractivity contribution < 1.29 is 14.2 Å². The maximum absolute atomic E-state index is 5.51. The smallest absolute Gasteiger partial charge is 0.131 e. The van der Waals surface area contributed by atoms with Gasteiger partial charge in [0.1, 0.15) is 17.2 Å². The molecule has 2 rings (SSSR count). The summed E-state index contributed by atoms with van der Waals surface area (Å²) < 4.78 is 16.3. The molecule has 1 aliphatic heterocycles. The summed E-state index contributed by atoms with van der Waals surface area (Å²) in [6.07, 6.45) is 1.18. The molecule has 0 aliphatic carbocycles. The lowest BCUT2D eigenvalue weighted by atomic mass is 10.1. The van der Waals surface area contributed by atoms with Crippen LogP contribution in [0.5, 0.6) is 17.2 Å². The van der Waals surface area contributed by atoms with Crippen LogP contribution in [0.2, 0.25) is 0 Å². The van der Waals surface area contributed by atoms with Crippen molar-refractivity contribution in [3.05, 3.63) is 17.7 Å². The standard InChI is InChI=1S/C14H21NO3S/c1-9-5-6-15-14(19-9)13-11(17-3)7-10(16-2)8-12(13)18-4/h7-9,14-15H,5-6H2,1-4H3. The van der Waals surface area contributed by atoms with Crippen LogP contribution in [0.3, 0.4) is 0 Å². The number of methoxy groups -OCH3 is 3. The van der Waals surface area contributed by atoms with E-state index in [2.05, 4.69) is 12.2 Å². The topological polar surface area (TPSA) is 39.7 Å². The van der Waals surface area contributed by atoms with Crippen molar-refractivity contribution in [1.29, 1.82) is 0 Å². The molecule has 0 radical (unpaired) electrons. The number of hydrogen-bond acceptors (Lipinski definition) is 5. The molecule has 1 heterocycles. The van der Waals surface area contributed by atoms with Crippen LogP contribution in [-0.4, -0.2) is 33.1 Å². The van der Waals surface area contributed by atoms with E-state index in [4.69, 9.17) is 14.2 Å². The quantitative estimate of drug-likeness (QED) is 0.920. The van der Waals surface area contributed by atoms with E-state index >= 15 is 0 Å². The summed E-state index contributed by atoms with van der Waals surface area (Å²) in [6.45, 7) is 3.26. The molecule has 1 saturated heterocycles. The van der Waals surface area contributed by atoms with Crippen molar-refractivity contribution in [2.45, 2.75) is 24.0 Å². The highest BCUT2D eigenvalue weighted by atomic mass is 32.2. The number of hydrogen-bond donors (Lipinski definition) is 1. The van der Waals surface area contributed by atoms with E-state index in [0.717, 1.165) is 29.4 Å². The van der Waals surface area contributed by atoms with Crippen LogP contribution in [-0.2, 0) is 0 Å². The third kappa shape index (κ3) is 3.09. The summed E-state index contributed by atoms with van der Waals surface area (Å²) in [7, 11) is 4.99. The maximum atomic E-state index is 5.51. The second kappa shape index (κ2) is 6.39. The van der Waals surface area contributed by atoms with E-state index in [1.165, 1.54) is 6.42 Å². The third-order valence-corrected chi connectivity index (χ3v) is 4.64. The zero-order chi connectivity index (χ0) is 13.8. The number of benzene rings is 1. The normalized spacial score (nSPS) is 22.9. The molecular weight excluding hydrogens is 262 g/mol. The average molecular weight is 283 g/mol. The second-order valence-corrected chi connectivity index (χ2v) is 6.06. The molecule has 2 atom stereocenters. The molecule has 5 heteroatoms. The summed E-state index contributed by atoms with van der Waals surface area (Å²) in [4.78, 5) is 0. The number of nitrogens with one attached hydrogen (secondary N) is 1. The van der Waals surface area contributed by atoms with Gasteiger partial charge in [-0.25, -0.2) is 0 Å². The predicted octanol–water partition coefficient (Wildman–Crippen LogP) is 2.83. The number of ether oxygens (including phenoxy) is 3. The minimum Gasteiger partial charge on any atom is -0.496 e. The van der Waals surface area contributed by atoms with Gasteiger partial charge in [-0.15, -0.1) is 11.8 Å². The van der Waals surface area contributed by atoms with Crippen LogP contribution < -0.4 is 19.5 Å². The summed E-state index contributed by atoms with van der Waals surface area (Å²) in [6, 6.07) is 3.80. The van der Waals surface area contributed by atoms with Gasteiger partial charge in [0.15, 0.2) is 0 Å². The molecule has 19 heavy (non-hydrogen) atoms. The Morgan fingerprint density at radius 1 is 1.11 bits per heavy atom. The Bertz CT molecular complexity index is 414. The molecule has 0 bridgehead atoms. The molecule has 1 fully saturated rings. The van der Waals surface area contributed by atoms with Gasteiger partial charge in [-0.05, 0) is 13.0 Å². The van der Waals surface area contributed by atoms with Gasteiger partial charge < -0.3 is 19.5 Å². The lowest BCUT2D eigenvalue weighted by molar-refractivity contribution is 0.365. The van der Waals surface area contributed by atoms with Gasteiger partial charge in [-0.3, -0.25) is 0 Å². The van der Waals surface area contributed by atoms with Crippen LogP contribution in [0.1, 0.15) is 24.3 Å². The van der Waals surface area contributed by atoms with Gasteiger partial charge in [-0.1, -0.05) is 6.92 Å². The summed E-state index contributed by atoms with van der Waals surface area (Å²) in [5.41, 5.74) is 1.06. The van der Waals surface area contributed by atoms with E-state index in [0.29, 0.717) is 5.25 Å². The Hall–Kier alpha value is -1.07. The maximum Gasteiger partial charge on any atom is 0.131 e. The molecule has 2 unspecified atom stereocenters. The fraction of sp³-hybridized carbons (Fsp3) is 0.571. The highest BCUT2D eigenvalue weighted by Crippen LogP contribution is 2.45. The largest absolute Gasteiger partial charge is 0.496 e. The molecule has 1 aromatic rings. The van der Waals surface area contributed by atoms with Gasteiger partial charge in [-0.2, -0.15) is 0 Å². The Balaban J connectivity index is 2.41. The summed E-state index contributed by atoms with van der Waals surface area (Å²) in [5, 5.41) is 4.34. The first kappa shape index (κ1) is 14.3. The fourth-order valence-corrected chi connectivity index (χ4v) is 3.53. The lowest BCUT2D eigenvalue weighted by Gasteiger charge is -2.30. The van der Waals surface area contributed by atoms with Crippen molar-refractivity contribution in [3.8, 4) is 17.2 Å². The molecule has 0 saturated carbocycles. The Morgan fingerprint density at radius 2 is 1.74 bits per heavy atom. The SMILES string of the molecule is COc1cc(OC)c(C2NCCC(C)S2)c(OC)c1. The zero-order valence-corrected chi connectivity index (χ0v) is 12.7. The first-order valence-corrected chi connectivity index (χ1v) is 7.32. The van der Waals surface area contributed by atoms with Crippen LogP contribution in [0.15, 0.2) is 12.1 Å². The van der Waals surface area contributed by atoms with E-state index in [-0.39, 0.29) is 5.37 Å². The average Bonchev–Trinajstić information content (AvgIpc) is 2.45. The fourth-order valence-electron chi connectivity index (χ4n) is 2.23. The van der Waals surface area contributed by atoms with Crippen LogP contribution in [0, 0.1) is 0 Å². The highest BCUT2D eigenvalue weighted by Gasteiger charge is 2.27. The molecule has 1 aliphatic rings. The first-order valence-electron chi connectivity index (χ1n) is 6.38. The van der Waals surface area contributed by atoms with Crippen LogP contribution in [0.4, 0.5) is 0 Å². The first-order chi connectivity index (χ1) is 9.19. The van der Waals surface area contributed by atoms with Gasteiger partial charge in [0.2, 0.25) is 0 Å².